The van der Waals surface area contributed by atoms with Gasteiger partial charge in [-0.3, -0.25) is 0 Å². The molecule has 2 rings (SSSR count). The first-order valence-corrected chi connectivity index (χ1v) is 6.63. The van der Waals surface area contributed by atoms with Gasteiger partial charge in [0, 0.05) is 24.7 Å². The van der Waals surface area contributed by atoms with E-state index >= 15 is 0 Å². The van der Waals surface area contributed by atoms with E-state index < -0.39 is 6.10 Å². The van der Waals surface area contributed by atoms with Crippen LogP contribution in [-0.2, 0) is 0 Å². The van der Waals surface area contributed by atoms with E-state index in [0.29, 0.717) is 43.3 Å². The average Bonchev–Trinajstić information content (AvgIpc) is 2.84. The van der Waals surface area contributed by atoms with Crippen LogP contribution in [0.1, 0.15) is 18.6 Å². The maximum absolute atomic E-state index is 11.4. The van der Waals surface area contributed by atoms with E-state index in [1.807, 2.05) is 0 Å². The number of hydrogen-bond donors (Lipinski definition) is 2. The van der Waals surface area contributed by atoms with Crippen molar-refractivity contribution in [3.63, 3.8) is 0 Å². The van der Waals surface area contributed by atoms with Crippen LogP contribution in [0.25, 0.3) is 0 Å². The minimum absolute atomic E-state index is 0.0602. The van der Waals surface area contributed by atoms with Crippen molar-refractivity contribution in [1.29, 1.82) is 0 Å². The fourth-order valence-electron chi connectivity index (χ4n) is 2.10. The molecule has 0 unspecified atom stereocenters. The van der Waals surface area contributed by atoms with Crippen LogP contribution in [0.15, 0.2) is 18.2 Å². The SMILES string of the molecule is COc1ccc([C@@H](C)O)c(OCCN2CCNC2=O)c1. The number of ether oxygens (including phenoxy) is 2. The first kappa shape index (κ1) is 14.5. The molecule has 1 aromatic rings. The summed E-state index contributed by atoms with van der Waals surface area (Å²) in [5.41, 5.74) is 0.705. The van der Waals surface area contributed by atoms with Crippen molar-refractivity contribution >= 4 is 6.03 Å². The molecule has 0 aromatic heterocycles. The number of benzene rings is 1. The van der Waals surface area contributed by atoms with E-state index in [-0.39, 0.29) is 6.03 Å². The fourth-order valence-corrected chi connectivity index (χ4v) is 2.10. The van der Waals surface area contributed by atoms with Crippen LogP contribution < -0.4 is 14.8 Å². The Bertz CT molecular complexity index is 476. The van der Waals surface area contributed by atoms with Crippen molar-refractivity contribution in [2.75, 3.05) is 33.4 Å². The Balaban J connectivity index is 1.98. The number of rotatable bonds is 6. The summed E-state index contributed by atoms with van der Waals surface area (Å²) < 4.78 is 10.8. The predicted octanol–water partition coefficient (Wildman–Crippen LogP) is 1.15. The number of amides is 2. The van der Waals surface area contributed by atoms with E-state index in [4.69, 9.17) is 9.47 Å². The van der Waals surface area contributed by atoms with Gasteiger partial charge in [-0.2, -0.15) is 0 Å². The molecule has 0 spiro atoms. The van der Waals surface area contributed by atoms with Crippen molar-refractivity contribution < 1.29 is 19.4 Å². The number of hydrogen-bond acceptors (Lipinski definition) is 4. The predicted molar refractivity (Wildman–Crippen MR) is 74.1 cm³/mol. The quantitative estimate of drug-likeness (QED) is 0.820. The van der Waals surface area contributed by atoms with E-state index in [1.165, 1.54) is 0 Å². The highest BCUT2D eigenvalue weighted by atomic mass is 16.5. The topological polar surface area (TPSA) is 71.0 Å². The lowest BCUT2D eigenvalue weighted by molar-refractivity contribution is 0.184. The molecule has 1 fully saturated rings. The van der Waals surface area contributed by atoms with Crippen LogP contribution in [0.2, 0.25) is 0 Å². The summed E-state index contributed by atoms with van der Waals surface area (Å²) in [6, 6.07) is 5.24. The van der Waals surface area contributed by atoms with Crippen molar-refractivity contribution in [1.82, 2.24) is 10.2 Å². The molecule has 6 heteroatoms. The summed E-state index contributed by atoms with van der Waals surface area (Å²) in [5, 5.41) is 12.5. The molecule has 2 N–H and O–H groups in total. The number of urea groups is 1. The Morgan fingerprint density at radius 3 is 2.90 bits per heavy atom. The van der Waals surface area contributed by atoms with E-state index in [2.05, 4.69) is 5.32 Å². The first-order valence-electron chi connectivity index (χ1n) is 6.63. The van der Waals surface area contributed by atoms with Gasteiger partial charge in [0.2, 0.25) is 0 Å². The van der Waals surface area contributed by atoms with E-state index in [9.17, 15) is 9.90 Å². The average molecular weight is 280 g/mol. The summed E-state index contributed by atoms with van der Waals surface area (Å²) in [7, 11) is 1.58. The van der Waals surface area contributed by atoms with Crippen LogP contribution in [0.5, 0.6) is 11.5 Å². The van der Waals surface area contributed by atoms with Gasteiger partial charge < -0.3 is 24.8 Å². The van der Waals surface area contributed by atoms with Gasteiger partial charge >= 0.3 is 6.03 Å². The lowest BCUT2D eigenvalue weighted by Crippen LogP contribution is -2.31. The number of carbonyl (C=O) groups excluding carboxylic acids is 1. The van der Waals surface area contributed by atoms with Crippen LogP contribution in [0.4, 0.5) is 4.79 Å². The fraction of sp³-hybridized carbons (Fsp3) is 0.500. The van der Waals surface area contributed by atoms with Gasteiger partial charge in [0.25, 0.3) is 0 Å². The monoisotopic (exact) mass is 280 g/mol. The third-order valence-electron chi connectivity index (χ3n) is 3.23. The van der Waals surface area contributed by atoms with Gasteiger partial charge in [-0.1, -0.05) is 0 Å². The van der Waals surface area contributed by atoms with Gasteiger partial charge in [0.05, 0.1) is 19.8 Å². The van der Waals surface area contributed by atoms with Gasteiger partial charge in [0.15, 0.2) is 0 Å². The number of aliphatic hydroxyl groups is 1. The zero-order valence-corrected chi connectivity index (χ0v) is 11.8. The minimum Gasteiger partial charge on any atom is -0.497 e. The molecule has 0 saturated carbocycles. The molecule has 2 amide bonds. The second kappa shape index (κ2) is 6.47. The number of nitrogens with one attached hydrogen (secondary N) is 1. The highest BCUT2D eigenvalue weighted by Gasteiger charge is 2.19. The Hall–Kier alpha value is -1.95. The van der Waals surface area contributed by atoms with E-state index in [0.717, 1.165) is 0 Å². The summed E-state index contributed by atoms with van der Waals surface area (Å²) in [4.78, 5) is 13.1. The lowest BCUT2D eigenvalue weighted by Gasteiger charge is -2.17. The molecule has 20 heavy (non-hydrogen) atoms. The van der Waals surface area contributed by atoms with Crippen LogP contribution >= 0.6 is 0 Å². The van der Waals surface area contributed by atoms with Gasteiger partial charge in [-0.05, 0) is 19.1 Å². The Morgan fingerprint density at radius 1 is 1.50 bits per heavy atom. The standard InChI is InChI=1S/C14H20N2O4/c1-10(17)12-4-3-11(19-2)9-13(12)20-8-7-16-6-5-15-14(16)18/h3-4,9-10,17H,5-8H2,1-2H3,(H,15,18)/t10-/m1/s1. The van der Waals surface area contributed by atoms with Crippen molar-refractivity contribution in [2.45, 2.75) is 13.0 Å². The molecule has 110 valence electrons. The number of nitrogens with zero attached hydrogens (tertiary/aromatic N) is 1. The number of aliphatic hydroxyl groups excluding tert-OH is 1. The summed E-state index contributed by atoms with van der Waals surface area (Å²) in [6.45, 7) is 3.95. The van der Waals surface area contributed by atoms with Crippen molar-refractivity contribution in [3.8, 4) is 11.5 Å². The molecule has 1 aliphatic heterocycles. The Labute approximate surface area is 118 Å². The molecular formula is C14H20N2O4. The zero-order chi connectivity index (χ0) is 14.5. The summed E-state index contributed by atoms with van der Waals surface area (Å²) in [6.07, 6.45) is -0.619. The maximum Gasteiger partial charge on any atom is 0.317 e. The van der Waals surface area contributed by atoms with Crippen LogP contribution in [0.3, 0.4) is 0 Å². The molecule has 1 saturated heterocycles. The van der Waals surface area contributed by atoms with E-state index in [1.54, 1.807) is 37.1 Å². The van der Waals surface area contributed by atoms with Crippen molar-refractivity contribution in [3.05, 3.63) is 23.8 Å². The molecule has 0 radical (unpaired) electrons. The van der Waals surface area contributed by atoms with Crippen molar-refractivity contribution in [2.24, 2.45) is 0 Å². The molecule has 1 atom stereocenters. The van der Waals surface area contributed by atoms with Gasteiger partial charge in [-0.25, -0.2) is 4.79 Å². The largest absolute Gasteiger partial charge is 0.497 e. The Morgan fingerprint density at radius 2 is 2.30 bits per heavy atom. The molecule has 1 aromatic carbocycles. The Kier molecular flexibility index (Phi) is 4.68. The van der Waals surface area contributed by atoms with Gasteiger partial charge in [-0.15, -0.1) is 0 Å². The smallest absolute Gasteiger partial charge is 0.317 e. The summed E-state index contributed by atoms with van der Waals surface area (Å²) in [5.74, 6) is 1.25. The first-order chi connectivity index (χ1) is 9.61. The summed E-state index contributed by atoms with van der Waals surface area (Å²) >= 11 is 0. The maximum atomic E-state index is 11.4. The second-order valence-electron chi connectivity index (χ2n) is 4.65. The number of methoxy groups -OCH3 is 1. The van der Waals surface area contributed by atoms with Crippen LogP contribution in [-0.4, -0.2) is 49.4 Å². The zero-order valence-electron chi connectivity index (χ0n) is 11.8. The molecular weight excluding hydrogens is 260 g/mol. The van der Waals surface area contributed by atoms with Gasteiger partial charge in [0.1, 0.15) is 18.1 Å². The molecule has 1 heterocycles. The normalized spacial score (nSPS) is 15.9. The third kappa shape index (κ3) is 3.33. The molecule has 0 bridgehead atoms. The lowest BCUT2D eigenvalue weighted by atomic mass is 10.1. The minimum atomic E-state index is -0.619. The third-order valence-corrected chi connectivity index (χ3v) is 3.23. The molecule has 0 aliphatic carbocycles. The second-order valence-corrected chi connectivity index (χ2v) is 4.65. The molecule has 1 aliphatic rings. The molecule has 6 nitrogen and oxygen atoms in total. The number of carbonyl (C=O) groups is 1. The van der Waals surface area contributed by atoms with Crippen LogP contribution in [0, 0.1) is 0 Å². The highest BCUT2D eigenvalue weighted by Crippen LogP contribution is 2.29. The highest BCUT2D eigenvalue weighted by molar-refractivity contribution is 5.76.